The third-order valence-corrected chi connectivity index (χ3v) is 2.31. The summed E-state index contributed by atoms with van der Waals surface area (Å²) in [6.07, 6.45) is 0. The molecule has 0 spiro atoms. The number of rotatable bonds is 1. The molecule has 0 heterocycles. The molecule has 2 nitrogen and oxygen atoms in total. The topological polar surface area (TPSA) is 46.2 Å². The van der Waals surface area contributed by atoms with E-state index in [2.05, 4.69) is 0 Å². The van der Waals surface area contributed by atoms with Crippen molar-refractivity contribution >= 4 is 0 Å². The van der Waals surface area contributed by atoms with Gasteiger partial charge in [0.1, 0.15) is 5.75 Å². The number of nitrogens with two attached hydrogens (primary N) is 1. The van der Waals surface area contributed by atoms with Crippen LogP contribution in [-0.2, 0) is 5.54 Å². The number of phenolic OH excluding ortho intramolecular Hbond substituents is 1. The quantitative estimate of drug-likeness (QED) is 0.694. The predicted molar refractivity (Wildman–Crippen MR) is 54.8 cm³/mol. The second-order valence-electron chi connectivity index (χ2n) is 4.18. The minimum atomic E-state index is -0.484. The van der Waals surface area contributed by atoms with E-state index in [9.17, 15) is 5.11 Å². The molecule has 1 rings (SSSR count). The van der Waals surface area contributed by atoms with Crippen LogP contribution in [0.1, 0.15) is 30.5 Å². The van der Waals surface area contributed by atoms with Crippen LogP contribution < -0.4 is 5.73 Å². The van der Waals surface area contributed by atoms with Gasteiger partial charge >= 0.3 is 0 Å². The second kappa shape index (κ2) is 3.04. The zero-order valence-electron chi connectivity index (χ0n) is 8.68. The van der Waals surface area contributed by atoms with Crippen LogP contribution in [0.25, 0.3) is 0 Å². The lowest BCUT2D eigenvalue weighted by molar-refractivity contribution is 0.439. The molecule has 0 atom stereocenters. The maximum Gasteiger partial charge on any atom is 0.120 e. The molecule has 0 aliphatic rings. The van der Waals surface area contributed by atoms with Crippen molar-refractivity contribution in [3.8, 4) is 5.75 Å². The van der Waals surface area contributed by atoms with E-state index in [1.807, 2.05) is 33.8 Å². The molecule has 72 valence electrons. The highest BCUT2D eigenvalue weighted by molar-refractivity contribution is 5.43. The van der Waals surface area contributed by atoms with Crippen molar-refractivity contribution < 1.29 is 5.11 Å². The van der Waals surface area contributed by atoms with E-state index in [0.717, 1.165) is 16.7 Å². The van der Waals surface area contributed by atoms with Crippen LogP contribution in [0.2, 0.25) is 0 Å². The SMILES string of the molecule is Cc1cc(O)c(C(C)(C)N)cc1C. The first kappa shape index (κ1) is 10.1. The van der Waals surface area contributed by atoms with Crippen LogP contribution >= 0.6 is 0 Å². The third-order valence-electron chi connectivity index (χ3n) is 2.31. The van der Waals surface area contributed by atoms with Gasteiger partial charge in [-0.1, -0.05) is 6.07 Å². The Labute approximate surface area is 79.4 Å². The molecule has 0 saturated heterocycles. The first-order chi connectivity index (χ1) is 5.82. The maximum absolute atomic E-state index is 9.67. The van der Waals surface area contributed by atoms with Gasteiger partial charge in [-0.2, -0.15) is 0 Å². The van der Waals surface area contributed by atoms with E-state index in [1.54, 1.807) is 6.07 Å². The molecule has 0 saturated carbocycles. The minimum absolute atomic E-state index is 0.288. The van der Waals surface area contributed by atoms with Crippen LogP contribution in [0.4, 0.5) is 0 Å². The van der Waals surface area contributed by atoms with Crippen LogP contribution in [0.3, 0.4) is 0 Å². The molecule has 0 aromatic heterocycles. The van der Waals surface area contributed by atoms with Gasteiger partial charge in [-0.05, 0) is 44.9 Å². The summed E-state index contributed by atoms with van der Waals surface area (Å²) in [5.41, 5.74) is 8.48. The summed E-state index contributed by atoms with van der Waals surface area (Å²) in [5.74, 6) is 0.288. The first-order valence-electron chi connectivity index (χ1n) is 4.42. The lowest BCUT2D eigenvalue weighted by Crippen LogP contribution is -2.28. The molecule has 1 aromatic carbocycles. The van der Waals surface area contributed by atoms with E-state index in [0.29, 0.717) is 0 Å². The molecule has 3 N–H and O–H groups in total. The van der Waals surface area contributed by atoms with Crippen molar-refractivity contribution in [2.24, 2.45) is 5.73 Å². The molecular formula is C11H17NO. The predicted octanol–water partition coefficient (Wildman–Crippen LogP) is 2.20. The van der Waals surface area contributed by atoms with E-state index < -0.39 is 5.54 Å². The molecule has 0 aliphatic carbocycles. The van der Waals surface area contributed by atoms with Gasteiger partial charge in [0.15, 0.2) is 0 Å². The number of phenols is 1. The van der Waals surface area contributed by atoms with Gasteiger partial charge in [-0.15, -0.1) is 0 Å². The van der Waals surface area contributed by atoms with Gasteiger partial charge in [-0.3, -0.25) is 0 Å². The molecule has 0 unspecified atom stereocenters. The van der Waals surface area contributed by atoms with E-state index in [1.165, 1.54) is 0 Å². The Kier molecular flexibility index (Phi) is 2.35. The highest BCUT2D eigenvalue weighted by atomic mass is 16.3. The summed E-state index contributed by atoms with van der Waals surface area (Å²) in [7, 11) is 0. The van der Waals surface area contributed by atoms with E-state index in [-0.39, 0.29) is 5.75 Å². The average Bonchev–Trinajstić information content (AvgIpc) is 1.94. The van der Waals surface area contributed by atoms with Crippen molar-refractivity contribution in [3.05, 3.63) is 28.8 Å². The second-order valence-corrected chi connectivity index (χ2v) is 4.18. The van der Waals surface area contributed by atoms with Gasteiger partial charge < -0.3 is 10.8 Å². The largest absolute Gasteiger partial charge is 0.508 e. The van der Waals surface area contributed by atoms with Crippen LogP contribution in [-0.4, -0.2) is 5.11 Å². The fourth-order valence-corrected chi connectivity index (χ4v) is 1.32. The van der Waals surface area contributed by atoms with Crippen LogP contribution in [0, 0.1) is 13.8 Å². The molecule has 13 heavy (non-hydrogen) atoms. The highest BCUT2D eigenvalue weighted by Crippen LogP contribution is 2.29. The monoisotopic (exact) mass is 179 g/mol. The van der Waals surface area contributed by atoms with Crippen molar-refractivity contribution in [3.63, 3.8) is 0 Å². The fraction of sp³-hybridized carbons (Fsp3) is 0.455. The zero-order chi connectivity index (χ0) is 10.2. The van der Waals surface area contributed by atoms with Crippen molar-refractivity contribution in [1.82, 2.24) is 0 Å². The molecule has 0 fully saturated rings. The summed E-state index contributed by atoms with van der Waals surface area (Å²) in [5, 5.41) is 9.67. The first-order valence-corrected chi connectivity index (χ1v) is 4.42. The lowest BCUT2D eigenvalue weighted by atomic mass is 9.91. The molecule has 0 radical (unpaired) electrons. The Morgan fingerprint density at radius 2 is 1.62 bits per heavy atom. The highest BCUT2D eigenvalue weighted by Gasteiger charge is 2.18. The normalized spacial score (nSPS) is 11.8. The molecular weight excluding hydrogens is 162 g/mol. The maximum atomic E-state index is 9.67. The Hall–Kier alpha value is -1.02. The Bertz CT molecular complexity index is 324. The zero-order valence-corrected chi connectivity index (χ0v) is 8.68. The summed E-state index contributed by atoms with van der Waals surface area (Å²) >= 11 is 0. The summed E-state index contributed by atoms with van der Waals surface area (Å²) < 4.78 is 0. The minimum Gasteiger partial charge on any atom is -0.508 e. The van der Waals surface area contributed by atoms with Crippen LogP contribution in [0.15, 0.2) is 12.1 Å². The number of aryl methyl sites for hydroxylation is 2. The molecule has 1 aromatic rings. The third kappa shape index (κ3) is 2.01. The Morgan fingerprint density at radius 3 is 2.08 bits per heavy atom. The number of aromatic hydroxyl groups is 1. The lowest BCUT2D eigenvalue weighted by Gasteiger charge is -2.21. The number of hydrogen-bond acceptors (Lipinski definition) is 2. The smallest absolute Gasteiger partial charge is 0.120 e. The van der Waals surface area contributed by atoms with Gasteiger partial charge in [0.2, 0.25) is 0 Å². The van der Waals surface area contributed by atoms with Gasteiger partial charge in [0.25, 0.3) is 0 Å². The summed E-state index contributed by atoms with van der Waals surface area (Å²) in [4.78, 5) is 0. The molecule has 0 amide bonds. The van der Waals surface area contributed by atoms with Gasteiger partial charge in [-0.25, -0.2) is 0 Å². The average molecular weight is 179 g/mol. The van der Waals surface area contributed by atoms with E-state index in [4.69, 9.17) is 5.73 Å². The van der Waals surface area contributed by atoms with Crippen molar-refractivity contribution in [2.45, 2.75) is 33.2 Å². The van der Waals surface area contributed by atoms with Gasteiger partial charge in [0.05, 0.1) is 0 Å². The number of hydrogen-bond donors (Lipinski definition) is 2. The molecule has 2 heteroatoms. The Morgan fingerprint density at radius 1 is 1.15 bits per heavy atom. The van der Waals surface area contributed by atoms with Crippen molar-refractivity contribution in [1.29, 1.82) is 0 Å². The molecule has 0 aliphatic heterocycles. The van der Waals surface area contributed by atoms with Gasteiger partial charge in [0, 0.05) is 11.1 Å². The summed E-state index contributed by atoms with van der Waals surface area (Å²) in [6.45, 7) is 7.76. The van der Waals surface area contributed by atoms with E-state index >= 15 is 0 Å². The molecule has 0 bridgehead atoms. The fourth-order valence-electron chi connectivity index (χ4n) is 1.32. The number of benzene rings is 1. The summed E-state index contributed by atoms with van der Waals surface area (Å²) in [6, 6.07) is 3.71. The van der Waals surface area contributed by atoms with Crippen molar-refractivity contribution in [2.75, 3.05) is 0 Å². The van der Waals surface area contributed by atoms with Crippen LogP contribution in [0.5, 0.6) is 5.75 Å². The standard InChI is InChI=1S/C11H17NO/c1-7-5-9(11(3,4)12)10(13)6-8(7)2/h5-6,13H,12H2,1-4H3. The Balaban J connectivity index is 3.32.